The van der Waals surface area contributed by atoms with Crippen LogP contribution in [0.25, 0.3) is 0 Å². The van der Waals surface area contributed by atoms with Gasteiger partial charge in [0.05, 0.1) is 37.2 Å². The molecule has 1 N–H and O–H groups in total. The van der Waals surface area contributed by atoms with E-state index in [-0.39, 0.29) is 12.5 Å². The maximum atomic E-state index is 12.8. The Labute approximate surface area is 166 Å². The number of morpholine rings is 1. The van der Waals surface area contributed by atoms with Crippen molar-refractivity contribution >= 4 is 28.9 Å². The molecule has 0 spiro atoms. The number of hydrogen-bond donors (Lipinski definition) is 1. The second kappa shape index (κ2) is 8.81. The quantitative estimate of drug-likeness (QED) is 0.835. The number of nitrogens with zero attached hydrogens (tertiary/aromatic N) is 3. The van der Waals surface area contributed by atoms with Crippen LogP contribution in [0.2, 0.25) is 5.02 Å². The molecular weight excluding hydrogens is 364 g/mol. The van der Waals surface area contributed by atoms with Gasteiger partial charge in [0.15, 0.2) is 0 Å². The van der Waals surface area contributed by atoms with E-state index >= 15 is 0 Å². The Kier molecular flexibility index (Phi) is 6.46. The maximum Gasteiger partial charge on any atom is 0.242 e. The van der Waals surface area contributed by atoms with Crippen LogP contribution in [0.1, 0.15) is 32.1 Å². The standard InChI is InChI=1S/C20H27ClN4O2/c1-24(20(15-22)7-3-2-4-8-20)19(26)14-23-17-13-16(21)5-6-18(17)25-9-11-27-12-10-25/h5-6,13,23H,2-4,7-12,14H2,1H3. The SMILES string of the molecule is CN(C(=O)CNc1cc(Cl)ccc1N1CCOCC1)C1(C#N)CCCCC1. The fourth-order valence-corrected chi connectivity index (χ4v) is 4.09. The number of amides is 1. The molecule has 2 fully saturated rings. The first kappa shape index (κ1) is 19.8. The van der Waals surface area contributed by atoms with Crippen LogP contribution in [0.3, 0.4) is 0 Å². The van der Waals surface area contributed by atoms with Crippen molar-refractivity contribution in [1.29, 1.82) is 5.26 Å². The summed E-state index contributed by atoms with van der Waals surface area (Å²) in [5.74, 6) is -0.0775. The van der Waals surface area contributed by atoms with Crippen LogP contribution in [-0.4, -0.2) is 56.2 Å². The zero-order valence-electron chi connectivity index (χ0n) is 15.8. The molecule has 1 saturated carbocycles. The van der Waals surface area contributed by atoms with Gasteiger partial charge < -0.3 is 19.9 Å². The van der Waals surface area contributed by atoms with Gasteiger partial charge in [-0.25, -0.2) is 0 Å². The predicted octanol–water partition coefficient (Wildman–Crippen LogP) is 3.27. The molecule has 3 rings (SSSR count). The van der Waals surface area contributed by atoms with Crippen molar-refractivity contribution in [2.75, 3.05) is 50.1 Å². The lowest BCUT2D eigenvalue weighted by atomic mass is 9.81. The summed E-state index contributed by atoms with van der Waals surface area (Å²) in [6.07, 6.45) is 4.63. The van der Waals surface area contributed by atoms with Crippen LogP contribution in [0.5, 0.6) is 0 Å². The van der Waals surface area contributed by atoms with E-state index in [4.69, 9.17) is 16.3 Å². The van der Waals surface area contributed by atoms with E-state index in [1.807, 2.05) is 18.2 Å². The van der Waals surface area contributed by atoms with Crippen LogP contribution in [-0.2, 0) is 9.53 Å². The van der Waals surface area contributed by atoms with Crippen LogP contribution in [0.15, 0.2) is 18.2 Å². The number of nitriles is 1. The van der Waals surface area contributed by atoms with Gasteiger partial charge in [0, 0.05) is 25.2 Å². The number of nitrogens with one attached hydrogen (secondary N) is 1. The molecule has 1 aliphatic carbocycles. The van der Waals surface area contributed by atoms with Crippen molar-refractivity contribution in [2.45, 2.75) is 37.6 Å². The van der Waals surface area contributed by atoms with E-state index in [9.17, 15) is 10.1 Å². The summed E-state index contributed by atoms with van der Waals surface area (Å²) >= 11 is 6.18. The second-order valence-corrected chi connectivity index (χ2v) is 7.71. The molecule has 0 unspecified atom stereocenters. The first-order valence-electron chi connectivity index (χ1n) is 9.60. The third-order valence-corrected chi connectivity index (χ3v) is 5.88. The second-order valence-electron chi connectivity index (χ2n) is 7.27. The number of benzene rings is 1. The molecule has 2 aliphatic rings. The minimum atomic E-state index is -0.668. The molecule has 1 aromatic rings. The lowest BCUT2D eigenvalue weighted by Gasteiger charge is -2.39. The zero-order chi connectivity index (χ0) is 19.3. The number of likely N-dealkylation sites (N-methyl/N-ethyl adjacent to an activating group) is 1. The molecule has 1 amide bonds. The summed E-state index contributed by atoms with van der Waals surface area (Å²) in [5.41, 5.74) is 1.19. The highest BCUT2D eigenvalue weighted by Gasteiger charge is 2.38. The number of anilines is 2. The summed E-state index contributed by atoms with van der Waals surface area (Å²) in [4.78, 5) is 16.7. The van der Waals surface area contributed by atoms with Gasteiger partial charge in [-0.2, -0.15) is 5.26 Å². The summed E-state index contributed by atoms with van der Waals surface area (Å²) in [7, 11) is 1.75. The molecule has 0 atom stereocenters. The molecule has 1 saturated heterocycles. The van der Waals surface area contributed by atoms with Crippen LogP contribution in [0, 0.1) is 11.3 Å². The zero-order valence-corrected chi connectivity index (χ0v) is 16.6. The molecule has 1 aromatic carbocycles. The minimum absolute atomic E-state index is 0.0775. The highest BCUT2D eigenvalue weighted by Crippen LogP contribution is 2.33. The average molecular weight is 391 g/mol. The highest BCUT2D eigenvalue weighted by atomic mass is 35.5. The predicted molar refractivity (Wildman–Crippen MR) is 107 cm³/mol. The number of rotatable bonds is 5. The van der Waals surface area contributed by atoms with Crippen molar-refractivity contribution in [3.8, 4) is 6.07 Å². The molecule has 0 aromatic heterocycles. The number of carbonyl (C=O) groups excluding carboxylic acids is 1. The van der Waals surface area contributed by atoms with Crippen molar-refractivity contribution in [2.24, 2.45) is 0 Å². The molecule has 1 aliphatic heterocycles. The first-order chi connectivity index (χ1) is 13.1. The molecule has 1 heterocycles. The summed E-state index contributed by atoms with van der Waals surface area (Å²) in [6.45, 7) is 3.13. The molecule has 146 valence electrons. The van der Waals surface area contributed by atoms with Gasteiger partial charge in [0.1, 0.15) is 5.54 Å². The van der Waals surface area contributed by atoms with Gasteiger partial charge in [-0.3, -0.25) is 4.79 Å². The van der Waals surface area contributed by atoms with Crippen LogP contribution in [0.4, 0.5) is 11.4 Å². The lowest BCUT2D eigenvalue weighted by Crippen LogP contribution is -2.51. The average Bonchev–Trinajstić information content (AvgIpc) is 2.72. The van der Waals surface area contributed by atoms with Gasteiger partial charge in [0.25, 0.3) is 0 Å². The Balaban J connectivity index is 1.69. The van der Waals surface area contributed by atoms with E-state index in [0.29, 0.717) is 18.2 Å². The minimum Gasteiger partial charge on any atom is -0.378 e. The number of halogens is 1. The number of carbonyl (C=O) groups is 1. The molecular formula is C20H27ClN4O2. The van der Waals surface area contributed by atoms with Gasteiger partial charge in [-0.15, -0.1) is 0 Å². The topological polar surface area (TPSA) is 68.6 Å². The van der Waals surface area contributed by atoms with E-state index in [1.165, 1.54) is 0 Å². The molecule has 6 nitrogen and oxygen atoms in total. The summed E-state index contributed by atoms with van der Waals surface area (Å²) in [5, 5.41) is 13.6. The van der Waals surface area contributed by atoms with E-state index < -0.39 is 5.54 Å². The molecule has 7 heteroatoms. The van der Waals surface area contributed by atoms with Crippen LogP contribution >= 0.6 is 11.6 Å². The maximum absolute atomic E-state index is 12.8. The Morgan fingerprint density at radius 3 is 2.70 bits per heavy atom. The van der Waals surface area contributed by atoms with E-state index in [2.05, 4.69) is 16.3 Å². The molecule has 0 bridgehead atoms. The third kappa shape index (κ3) is 4.48. The molecule has 0 radical (unpaired) electrons. The van der Waals surface area contributed by atoms with Crippen LogP contribution < -0.4 is 10.2 Å². The lowest BCUT2D eigenvalue weighted by molar-refractivity contribution is -0.132. The Morgan fingerprint density at radius 2 is 2.04 bits per heavy atom. The third-order valence-electron chi connectivity index (χ3n) is 5.65. The summed E-state index contributed by atoms with van der Waals surface area (Å²) in [6, 6.07) is 8.08. The van der Waals surface area contributed by atoms with Gasteiger partial charge in [0.2, 0.25) is 5.91 Å². The van der Waals surface area contributed by atoms with E-state index in [1.54, 1.807) is 11.9 Å². The van der Waals surface area contributed by atoms with Gasteiger partial charge >= 0.3 is 0 Å². The Hall–Kier alpha value is -1.97. The van der Waals surface area contributed by atoms with Crippen molar-refractivity contribution in [1.82, 2.24) is 4.90 Å². The fourth-order valence-electron chi connectivity index (χ4n) is 3.92. The smallest absolute Gasteiger partial charge is 0.242 e. The van der Waals surface area contributed by atoms with E-state index in [0.717, 1.165) is 56.6 Å². The normalized spacial score (nSPS) is 19.2. The van der Waals surface area contributed by atoms with Gasteiger partial charge in [-0.05, 0) is 31.0 Å². The monoisotopic (exact) mass is 390 g/mol. The highest BCUT2D eigenvalue weighted by molar-refractivity contribution is 6.31. The summed E-state index contributed by atoms with van der Waals surface area (Å²) < 4.78 is 5.43. The van der Waals surface area contributed by atoms with Gasteiger partial charge in [-0.1, -0.05) is 30.9 Å². The molecule has 27 heavy (non-hydrogen) atoms. The number of ether oxygens (including phenoxy) is 1. The fraction of sp³-hybridized carbons (Fsp3) is 0.600. The van der Waals surface area contributed by atoms with Crippen molar-refractivity contribution < 1.29 is 9.53 Å². The first-order valence-corrected chi connectivity index (χ1v) is 9.97. The Morgan fingerprint density at radius 1 is 1.33 bits per heavy atom. The number of hydrogen-bond acceptors (Lipinski definition) is 5. The Bertz CT molecular complexity index is 706. The van der Waals surface area contributed by atoms with Crippen molar-refractivity contribution in [3.63, 3.8) is 0 Å². The largest absolute Gasteiger partial charge is 0.378 e. The van der Waals surface area contributed by atoms with Crippen molar-refractivity contribution in [3.05, 3.63) is 23.2 Å².